The van der Waals surface area contributed by atoms with E-state index in [1.54, 1.807) is 18.2 Å². The van der Waals surface area contributed by atoms with Gasteiger partial charge in [-0.3, -0.25) is 0 Å². The quantitative estimate of drug-likeness (QED) is 0.668. The topological polar surface area (TPSA) is 59.0 Å². The Hall–Kier alpha value is -1.67. The van der Waals surface area contributed by atoms with Gasteiger partial charge in [0, 0.05) is 29.2 Å². The molecule has 9 heteroatoms. The number of halogens is 3. The molecule has 0 N–H and O–H groups in total. The van der Waals surface area contributed by atoms with Gasteiger partial charge in [-0.2, -0.15) is 8.42 Å². The van der Waals surface area contributed by atoms with Crippen molar-refractivity contribution in [1.82, 2.24) is 4.90 Å². The molecular weight excluding hydrogens is 402 g/mol. The monoisotopic (exact) mass is 414 g/mol. The van der Waals surface area contributed by atoms with Crippen LogP contribution in [0.15, 0.2) is 45.7 Å². The maximum atomic E-state index is 13.8. The summed E-state index contributed by atoms with van der Waals surface area (Å²) >= 11 is 11.9. The number of nitrogens with zero attached hydrogens (tertiary/aromatic N) is 2. The number of amidine groups is 1. The Morgan fingerprint density at radius 3 is 2.77 bits per heavy atom. The second-order valence-electron chi connectivity index (χ2n) is 5.98. The molecule has 2 aliphatic rings. The van der Waals surface area contributed by atoms with Gasteiger partial charge in [-0.25, -0.2) is 4.39 Å². The number of rotatable bonds is 1. The second kappa shape index (κ2) is 6.49. The highest BCUT2D eigenvalue weighted by molar-refractivity contribution is 7.90. The fraction of sp³-hybridized carbons (Fsp3) is 0.235. The van der Waals surface area contributed by atoms with E-state index in [9.17, 15) is 12.8 Å². The fourth-order valence-electron chi connectivity index (χ4n) is 3.13. The van der Waals surface area contributed by atoms with Crippen LogP contribution in [0.1, 0.15) is 17.2 Å². The van der Waals surface area contributed by atoms with Crippen molar-refractivity contribution in [3.8, 4) is 0 Å². The SMILES string of the molecule is O=S1(=O)N=C(N2CCOC(c3cc(F)c(Cl)cc3Cl)C2)c2ccccc21. The predicted molar refractivity (Wildman–Crippen MR) is 96.9 cm³/mol. The molecule has 0 aliphatic carbocycles. The third-order valence-electron chi connectivity index (χ3n) is 4.36. The van der Waals surface area contributed by atoms with Gasteiger partial charge in [0.2, 0.25) is 0 Å². The zero-order valence-electron chi connectivity index (χ0n) is 13.3. The lowest BCUT2D eigenvalue weighted by Crippen LogP contribution is -2.42. The van der Waals surface area contributed by atoms with E-state index < -0.39 is 21.9 Å². The Bertz CT molecular complexity index is 1030. The first kappa shape index (κ1) is 17.7. The van der Waals surface area contributed by atoms with Crippen LogP contribution in [0.4, 0.5) is 4.39 Å². The molecule has 1 saturated heterocycles. The summed E-state index contributed by atoms with van der Waals surface area (Å²) in [6.07, 6.45) is -0.527. The molecule has 1 unspecified atom stereocenters. The van der Waals surface area contributed by atoms with E-state index >= 15 is 0 Å². The smallest absolute Gasteiger partial charge is 0.285 e. The minimum absolute atomic E-state index is 0.0633. The summed E-state index contributed by atoms with van der Waals surface area (Å²) in [4.78, 5) is 2.01. The van der Waals surface area contributed by atoms with Gasteiger partial charge in [-0.05, 0) is 24.3 Å². The third kappa shape index (κ3) is 2.99. The van der Waals surface area contributed by atoms with Gasteiger partial charge in [-0.15, -0.1) is 4.40 Å². The summed E-state index contributed by atoms with van der Waals surface area (Å²) in [6, 6.07) is 9.26. The number of morpholine rings is 1. The standard InChI is InChI=1S/C17H13Cl2FN2O3S/c18-12-8-13(19)14(20)7-11(12)15-9-22(5-6-25-15)17-10-3-1-2-4-16(10)26(23,24)21-17/h1-4,7-8,15H,5-6,9H2. The summed E-state index contributed by atoms with van der Waals surface area (Å²) < 4.78 is 48.0. The molecule has 2 aliphatic heterocycles. The lowest BCUT2D eigenvalue weighted by Gasteiger charge is -2.34. The number of sulfonamides is 1. The first-order valence-electron chi connectivity index (χ1n) is 7.82. The second-order valence-corrected chi connectivity index (χ2v) is 8.37. The van der Waals surface area contributed by atoms with Crippen molar-refractivity contribution in [2.24, 2.45) is 4.40 Å². The summed E-state index contributed by atoms with van der Waals surface area (Å²) in [5.74, 6) is -0.211. The number of hydrogen-bond acceptors (Lipinski definition) is 4. The zero-order chi connectivity index (χ0) is 18.5. The van der Waals surface area contributed by atoms with Crippen LogP contribution in [0.2, 0.25) is 10.0 Å². The summed E-state index contributed by atoms with van der Waals surface area (Å²) in [6.45, 7) is 1.09. The minimum atomic E-state index is -3.70. The predicted octanol–water partition coefficient (Wildman–Crippen LogP) is 3.65. The Balaban J connectivity index is 1.68. The molecular formula is C17H13Cl2FN2O3S. The summed E-state index contributed by atoms with van der Waals surface area (Å²) in [5, 5.41) is 0.233. The van der Waals surface area contributed by atoms with Crippen LogP contribution in [-0.2, 0) is 14.8 Å². The molecule has 4 rings (SSSR count). The van der Waals surface area contributed by atoms with Gasteiger partial charge in [0.1, 0.15) is 16.8 Å². The normalized spacial score (nSPS) is 21.4. The zero-order valence-corrected chi connectivity index (χ0v) is 15.7. The molecule has 1 atom stereocenters. The van der Waals surface area contributed by atoms with Crippen molar-refractivity contribution < 1.29 is 17.5 Å². The van der Waals surface area contributed by atoms with Crippen molar-refractivity contribution >= 4 is 39.1 Å². The molecule has 0 radical (unpaired) electrons. The van der Waals surface area contributed by atoms with Crippen LogP contribution in [0.5, 0.6) is 0 Å². The van der Waals surface area contributed by atoms with Gasteiger partial charge < -0.3 is 9.64 Å². The lowest BCUT2D eigenvalue weighted by atomic mass is 10.1. The van der Waals surface area contributed by atoms with Crippen molar-refractivity contribution in [2.45, 2.75) is 11.0 Å². The van der Waals surface area contributed by atoms with E-state index in [-0.39, 0.29) is 9.92 Å². The maximum absolute atomic E-state index is 13.8. The van der Waals surface area contributed by atoms with Crippen molar-refractivity contribution in [3.05, 3.63) is 63.4 Å². The highest BCUT2D eigenvalue weighted by atomic mass is 35.5. The molecule has 0 amide bonds. The van der Waals surface area contributed by atoms with E-state index in [1.165, 1.54) is 18.2 Å². The van der Waals surface area contributed by atoms with Crippen LogP contribution < -0.4 is 0 Å². The highest BCUT2D eigenvalue weighted by Gasteiger charge is 2.34. The van der Waals surface area contributed by atoms with Gasteiger partial charge in [0.15, 0.2) is 5.84 Å². The van der Waals surface area contributed by atoms with Crippen molar-refractivity contribution in [3.63, 3.8) is 0 Å². The number of ether oxygens (including phenoxy) is 1. The molecule has 2 aromatic carbocycles. The Labute approximate surface area is 160 Å². The number of benzene rings is 2. The molecule has 5 nitrogen and oxygen atoms in total. The number of hydrogen-bond donors (Lipinski definition) is 0. The van der Waals surface area contributed by atoms with Gasteiger partial charge in [-0.1, -0.05) is 35.3 Å². The Morgan fingerprint density at radius 1 is 1.19 bits per heavy atom. The number of fused-ring (bicyclic) bond motifs is 1. The Morgan fingerprint density at radius 2 is 1.96 bits per heavy atom. The van der Waals surface area contributed by atoms with E-state index in [4.69, 9.17) is 27.9 Å². The largest absolute Gasteiger partial charge is 0.370 e. The van der Waals surface area contributed by atoms with E-state index in [2.05, 4.69) is 4.40 Å². The Kier molecular flexibility index (Phi) is 4.43. The molecule has 2 heterocycles. The molecule has 26 heavy (non-hydrogen) atoms. The van der Waals surface area contributed by atoms with Crippen LogP contribution in [0, 0.1) is 5.82 Å². The van der Waals surface area contributed by atoms with E-state index in [0.717, 1.165) is 0 Å². The highest BCUT2D eigenvalue weighted by Crippen LogP contribution is 2.34. The van der Waals surface area contributed by atoms with Crippen molar-refractivity contribution in [1.29, 1.82) is 0 Å². The maximum Gasteiger partial charge on any atom is 0.285 e. The fourth-order valence-corrected chi connectivity index (χ4v) is 4.86. The van der Waals surface area contributed by atoms with Gasteiger partial charge in [0.25, 0.3) is 10.0 Å². The molecule has 136 valence electrons. The van der Waals surface area contributed by atoms with Crippen molar-refractivity contribution in [2.75, 3.05) is 19.7 Å². The first-order valence-corrected chi connectivity index (χ1v) is 10.0. The van der Waals surface area contributed by atoms with Gasteiger partial charge >= 0.3 is 0 Å². The van der Waals surface area contributed by atoms with Gasteiger partial charge in [0.05, 0.1) is 11.6 Å². The molecule has 0 saturated carbocycles. The molecule has 0 bridgehead atoms. The van der Waals surface area contributed by atoms with E-state index in [1.807, 2.05) is 4.90 Å². The molecule has 0 aromatic heterocycles. The van der Waals surface area contributed by atoms with Crippen LogP contribution in [0.3, 0.4) is 0 Å². The first-order chi connectivity index (χ1) is 12.4. The van der Waals surface area contributed by atoms with Crippen LogP contribution >= 0.6 is 23.2 Å². The minimum Gasteiger partial charge on any atom is -0.370 e. The average Bonchev–Trinajstić information content (AvgIpc) is 2.90. The average molecular weight is 415 g/mol. The third-order valence-corrected chi connectivity index (χ3v) is 6.31. The van der Waals surface area contributed by atoms with Crippen LogP contribution in [0.25, 0.3) is 0 Å². The lowest BCUT2D eigenvalue weighted by molar-refractivity contribution is -0.00671. The summed E-state index contributed by atoms with van der Waals surface area (Å²) in [5.41, 5.74) is 1.02. The van der Waals surface area contributed by atoms with E-state index in [0.29, 0.717) is 41.7 Å². The molecule has 1 fully saturated rings. The molecule has 0 spiro atoms. The molecule has 2 aromatic rings. The summed E-state index contributed by atoms with van der Waals surface area (Å²) in [7, 11) is -3.70. The van der Waals surface area contributed by atoms with Crippen LogP contribution in [-0.4, -0.2) is 38.8 Å².